The molecule has 0 radical (unpaired) electrons. The molecule has 0 aliphatic carbocycles. The van der Waals surface area contributed by atoms with Gasteiger partial charge in [-0.1, -0.05) is 19.1 Å². The van der Waals surface area contributed by atoms with E-state index in [4.69, 9.17) is 4.74 Å². The van der Waals surface area contributed by atoms with Crippen LogP contribution in [0.25, 0.3) is 0 Å². The van der Waals surface area contributed by atoms with Crippen LogP contribution in [0.15, 0.2) is 12.1 Å². The highest BCUT2D eigenvalue weighted by atomic mass is 16.5. The minimum atomic E-state index is 0.777. The second-order valence-electron chi connectivity index (χ2n) is 3.50. The van der Waals surface area contributed by atoms with Crippen molar-refractivity contribution in [3.05, 3.63) is 23.3 Å². The van der Waals surface area contributed by atoms with Crippen LogP contribution in [0.2, 0.25) is 0 Å². The molecular weight excluding hydrogens is 174 g/mol. The van der Waals surface area contributed by atoms with Crippen LogP contribution < -0.4 is 10.1 Å². The molecule has 0 saturated carbocycles. The lowest BCUT2D eigenvalue weighted by atomic mass is 10.1. The molecule has 1 N–H and O–H groups in total. The summed E-state index contributed by atoms with van der Waals surface area (Å²) in [5.74, 6) is 0.995. The quantitative estimate of drug-likeness (QED) is 0.793. The Balaban J connectivity index is 3.03. The molecular formula is C12H19NO. The van der Waals surface area contributed by atoms with E-state index in [2.05, 4.69) is 38.2 Å². The Hall–Kier alpha value is -1.18. The van der Waals surface area contributed by atoms with Gasteiger partial charge in [0.25, 0.3) is 0 Å². The molecule has 1 aromatic carbocycles. The van der Waals surface area contributed by atoms with Crippen molar-refractivity contribution < 1.29 is 4.74 Å². The third kappa shape index (κ3) is 2.19. The number of hydrogen-bond acceptors (Lipinski definition) is 2. The van der Waals surface area contributed by atoms with Gasteiger partial charge in [0.05, 0.1) is 12.3 Å². The van der Waals surface area contributed by atoms with Crippen molar-refractivity contribution in [2.24, 2.45) is 0 Å². The maximum Gasteiger partial charge on any atom is 0.145 e. The fourth-order valence-electron chi connectivity index (χ4n) is 1.49. The van der Waals surface area contributed by atoms with Crippen LogP contribution >= 0.6 is 0 Å². The molecule has 0 aromatic heterocycles. The Morgan fingerprint density at radius 3 is 2.43 bits per heavy atom. The van der Waals surface area contributed by atoms with Crippen LogP contribution in [-0.4, -0.2) is 13.7 Å². The van der Waals surface area contributed by atoms with Gasteiger partial charge in [0.2, 0.25) is 0 Å². The Labute approximate surface area is 86.3 Å². The first kappa shape index (κ1) is 10.9. The van der Waals surface area contributed by atoms with E-state index in [0.717, 1.165) is 24.5 Å². The van der Waals surface area contributed by atoms with E-state index in [1.165, 1.54) is 11.1 Å². The normalized spacial score (nSPS) is 10.0. The first-order chi connectivity index (χ1) is 6.70. The summed E-state index contributed by atoms with van der Waals surface area (Å²) in [6.07, 6.45) is 1.04. The molecule has 2 heteroatoms. The summed E-state index contributed by atoms with van der Waals surface area (Å²) in [6.45, 7) is 7.05. The third-order valence-electron chi connectivity index (χ3n) is 2.26. The number of nitrogens with one attached hydrogen (secondary N) is 1. The molecule has 0 aliphatic heterocycles. The van der Waals surface area contributed by atoms with E-state index >= 15 is 0 Å². The van der Waals surface area contributed by atoms with Gasteiger partial charge in [0.1, 0.15) is 5.75 Å². The molecule has 0 amide bonds. The van der Waals surface area contributed by atoms with Crippen LogP contribution in [-0.2, 0) is 0 Å². The maximum atomic E-state index is 5.73. The van der Waals surface area contributed by atoms with Gasteiger partial charge in [0, 0.05) is 7.05 Å². The van der Waals surface area contributed by atoms with E-state index in [9.17, 15) is 0 Å². The highest BCUT2D eigenvalue weighted by molar-refractivity contribution is 5.64. The Kier molecular flexibility index (Phi) is 3.81. The van der Waals surface area contributed by atoms with Crippen LogP contribution in [0.5, 0.6) is 5.75 Å². The van der Waals surface area contributed by atoms with Gasteiger partial charge in [-0.05, 0) is 31.4 Å². The van der Waals surface area contributed by atoms with Crippen LogP contribution in [0.1, 0.15) is 24.5 Å². The smallest absolute Gasteiger partial charge is 0.145 e. The zero-order valence-electron chi connectivity index (χ0n) is 9.48. The van der Waals surface area contributed by atoms with E-state index in [1.807, 2.05) is 7.05 Å². The second kappa shape index (κ2) is 4.89. The van der Waals surface area contributed by atoms with Gasteiger partial charge in [-0.15, -0.1) is 0 Å². The van der Waals surface area contributed by atoms with Gasteiger partial charge in [-0.2, -0.15) is 0 Å². The highest BCUT2D eigenvalue weighted by Gasteiger charge is 2.07. The van der Waals surface area contributed by atoms with Crippen LogP contribution in [0, 0.1) is 13.8 Å². The lowest BCUT2D eigenvalue weighted by Gasteiger charge is -2.15. The molecule has 0 bridgehead atoms. The molecule has 1 rings (SSSR count). The van der Waals surface area contributed by atoms with Crippen molar-refractivity contribution in [2.75, 3.05) is 19.0 Å². The Bertz CT molecular complexity index is 307. The molecule has 0 atom stereocenters. The molecule has 0 heterocycles. The zero-order chi connectivity index (χ0) is 10.6. The summed E-state index contributed by atoms with van der Waals surface area (Å²) in [4.78, 5) is 0. The SMILES string of the molecule is CCCOc1c(C)ccc(C)c1NC. The van der Waals surface area contributed by atoms with Gasteiger partial charge in [0.15, 0.2) is 0 Å². The zero-order valence-corrected chi connectivity index (χ0v) is 9.48. The molecule has 0 unspecified atom stereocenters. The predicted molar refractivity (Wildman–Crippen MR) is 61.2 cm³/mol. The molecule has 0 aliphatic rings. The predicted octanol–water partition coefficient (Wildman–Crippen LogP) is 3.13. The molecule has 0 saturated heterocycles. The summed E-state index contributed by atoms with van der Waals surface area (Å²) in [6, 6.07) is 4.21. The van der Waals surface area contributed by atoms with E-state index in [-0.39, 0.29) is 0 Å². The molecule has 2 nitrogen and oxygen atoms in total. The highest BCUT2D eigenvalue weighted by Crippen LogP contribution is 2.31. The van der Waals surface area contributed by atoms with Crippen molar-refractivity contribution in [1.29, 1.82) is 0 Å². The number of hydrogen-bond donors (Lipinski definition) is 1. The van der Waals surface area contributed by atoms with Gasteiger partial charge in [-0.25, -0.2) is 0 Å². The standard InChI is InChI=1S/C12H19NO/c1-5-8-14-12-10(3)7-6-9(2)11(12)13-4/h6-7,13H,5,8H2,1-4H3. The number of rotatable bonds is 4. The first-order valence-corrected chi connectivity index (χ1v) is 5.11. The fourth-order valence-corrected chi connectivity index (χ4v) is 1.49. The number of ether oxygens (including phenoxy) is 1. The molecule has 0 fully saturated rings. The van der Waals surface area contributed by atoms with Crippen molar-refractivity contribution in [3.8, 4) is 5.75 Å². The van der Waals surface area contributed by atoms with Gasteiger partial charge >= 0.3 is 0 Å². The Morgan fingerprint density at radius 2 is 1.86 bits per heavy atom. The van der Waals surface area contributed by atoms with Crippen molar-refractivity contribution in [3.63, 3.8) is 0 Å². The lowest BCUT2D eigenvalue weighted by molar-refractivity contribution is 0.316. The number of anilines is 1. The maximum absolute atomic E-state index is 5.73. The lowest BCUT2D eigenvalue weighted by Crippen LogP contribution is -2.02. The average molecular weight is 193 g/mol. The topological polar surface area (TPSA) is 21.3 Å². The van der Waals surface area contributed by atoms with Gasteiger partial charge < -0.3 is 10.1 Å². The number of benzene rings is 1. The van der Waals surface area contributed by atoms with Crippen molar-refractivity contribution in [2.45, 2.75) is 27.2 Å². The van der Waals surface area contributed by atoms with E-state index < -0.39 is 0 Å². The average Bonchev–Trinajstić information content (AvgIpc) is 2.19. The third-order valence-corrected chi connectivity index (χ3v) is 2.26. The van der Waals surface area contributed by atoms with Gasteiger partial charge in [-0.3, -0.25) is 0 Å². The summed E-state index contributed by atoms with van der Waals surface area (Å²) in [5, 5.41) is 3.19. The fraction of sp³-hybridized carbons (Fsp3) is 0.500. The minimum Gasteiger partial charge on any atom is -0.491 e. The van der Waals surface area contributed by atoms with Crippen molar-refractivity contribution in [1.82, 2.24) is 0 Å². The van der Waals surface area contributed by atoms with E-state index in [0.29, 0.717) is 0 Å². The van der Waals surface area contributed by atoms with Crippen molar-refractivity contribution >= 4 is 5.69 Å². The minimum absolute atomic E-state index is 0.777. The number of aryl methyl sites for hydroxylation is 2. The largest absolute Gasteiger partial charge is 0.491 e. The Morgan fingerprint density at radius 1 is 1.21 bits per heavy atom. The van der Waals surface area contributed by atoms with E-state index in [1.54, 1.807) is 0 Å². The molecule has 0 spiro atoms. The van der Waals surface area contributed by atoms with Crippen LogP contribution in [0.3, 0.4) is 0 Å². The second-order valence-corrected chi connectivity index (χ2v) is 3.50. The summed E-state index contributed by atoms with van der Waals surface area (Å²) >= 11 is 0. The summed E-state index contributed by atoms with van der Waals surface area (Å²) in [5.41, 5.74) is 3.52. The summed E-state index contributed by atoms with van der Waals surface area (Å²) in [7, 11) is 1.93. The molecule has 1 aromatic rings. The first-order valence-electron chi connectivity index (χ1n) is 5.11. The monoisotopic (exact) mass is 193 g/mol. The summed E-state index contributed by atoms with van der Waals surface area (Å²) < 4.78 is 5.73. The van der Waals surface area contributed by atoms with Crippen LogP contribution in [0.4, 0.5) is 5.69 Å². The molecule has 14 heavy (non-hydrogen) atoms. The molecule has 78 valence electrons.